The monoisotopic (exact) mass is 538 g/mol. The van der Waals surface area contributed by atoms with Crippen molar-refractivity contribution >= 4 is 17.9 Å². The summed E-state index contributed by atoms with van der Waals surface area (Å²) in [5.74, 6) is -2.70. The fourth-order valence-corrected chi connectivity index (χ4v) is 5.19. The Morgan fingerprint density at radius 1 is 1.24 bits per heavy atom. The number of pyridine rings is 1. The first-order chi connectivity index (χ1) is 17.8. The van der Waals surface area contributed by atoms with E-state index >= 15 is 0 Å². The van der Waals surface area contributed by atoms with Crippen LogP contribution in [0.1, 0.15) is 49.9 Å². The van der Waals surface area contributed by atoms with Gasteiger partial charge in [0.2, 0.25) is 5.91 Å². The van der Waals surface area contributed by atoms with E-state index in [1.807, 2.05) is 38.9 Å². The molecular weight excluding hydrogens is 505 g/mol. The Hall–Kier alpha value is -3.64. The second-order valence-corrected chi connectivity index (χ2v) is 10.1. The van der Waals surface area contributed by atoms with Gasteiger partial charge in [-0.25, -0.2) is 9.59 Å². The molecule has 1 spiro atoms. The Kier molecular flexibility index (Phi) is 8.68. The molecule has 2 atom stereocenters. The third-order valence-electron chi connectivity index (χ3n) is 6.85. The molecular formula is C25H33F3N6O4. The second kappa shape index (κ2) is 11.4. The number of carboxylic acids is 1. The number of alkyl halides is 3. The molecule has 0 unspecified atom stereocenters. The van der Waals surface area contributed by atoms with Gasteiger partial charge in [0.25, 0.3) is 0 Å². The van der Waals surface area contributed by atoms with E-state index in [2.05, 4.69) is 23.9 Å². The molecule has 0 radical (unpaired) electrons. The van der Waals surface area contributed by atoms with Crippen molar-refractivity contribution in [2.24, 2.45) is 5.41 Å². The standard InChI is InChI=1S/C23H32N6O2.C2HF3O2/c1-17(2)29-20(8-11-25-29)19-15-28(22(31)26(3)4)16-23(19)9-6-12-27(21(23)30)14-18-7-5-10-24-13-18;3-2(4,5)1(6)7/h5,7-8,10-11,13,17,19H,6,9,12,14-16H2,1-4H3;(H,6,7)/t19-,23+;/m0./s1. The summed E-state index contributed by atoms with van der Waals surface area (Å²) in [6.45, 7) is 6.44. The van der Waals surface area contributed by atoms with Crippen LogP contribution < -0.4 is 0 Å². The van der Waals surface area contributed by atoms with Gasteiger partial charge in [0, 0.05) is 76.5 Å². The van der Waals surface area contributed by atoms with Crippen molar-refractivity contribution in [2.75, 3.05) is 33.7 Å². The zero-order valence-corrected chi connectivity index (χ0v) is 21.9. The maximum atomic E-state index is 14.0. The lowest BCUT2D eigenvalue weighted by molar-refractivity contribution is -0.192. The molecule has 0 saturated carbocycles. The first-order valence-corrected chi connectivity index (χ1v) is 12.3. The van der Waals surface area contributed by atoms with Crippen LogP contribution in [0.25, 0.3) is 0 Å². The van der Waals surface area contributed by atoms with Gasteiger partial charge in [0.1, 0.15) is 0 Å². The molecule has 2 saturated heterocycles. The molecule has 10 nitrogen and oxygen atoms in total. The summed E-state index contributed by atoms with van der Waals surface area (Å²) in [6, 6.07) is 6.06. The van der Waals surface area contributed by atoms with Crippen molar-refractivity contribution < 1.29 is 32.7 Å². The summed E-state index contributed by atoms with van der Waals surface area (Å²) < 4.78 is 33.7. The Morgan fingerprint density at radius 3 is 2.47 bits per heavy atom. The van der Waals surface area contributed by atoms with Crippen LogP contribution in [0.2, 0.25) is 0 Å². The number of carbonyl (C=O) groups is 3. The fraction of sp³-hybridized carbons (Fsp3) is 0.560. The van der Waals surface area contributed by atoms with Gasteiger partial charge < -0.3 is 19.8 Å². The highest BCUT2D eigenvalue weighted by Crippen LogP contribution is 2.50. The number of carbonyl (C=O) groups excluding carboxylic acids is 2. The van der Waals surface area contributed by atoms with Crippen molar-refractivity contribution in [1.82, 2.24) is 29.5 Å². The molecule has 3 amide bonds. The minimum Gasteiger partial charge on any atom is -0.475 e. The molecule has 4 heterocycles. The van der Waals surface area contributed by atoms with E-state index in [9.17, 15) is 22.8 Å². The fourth-order valence-electron chi connectivity index (χ4n) is 5.19. The van der Waals surface area contributed by atoms with Gasteiger partial charge in [0.05, 0.1) is 5.41 Å². The van der Waals surface area contributed by atoms with Crippen molar-refractivity contribution in [3.63, 3.8) is 0 Å². The van der Waals surface area contributed by atoms with Crippen LogP contribution in [0.4, 0.5) is 18.0 Å². The molecule has 208 valence electrons. The summed E-state index contributed by atoms with van der Waals surface area (Å²) in [7, 11) is 3.52. The molecule has 2 aromatic heterocycles. The smallest absolute Gasteiger partial charge is 0.475 e. The SMILES string of the molecule is CC(C)n1nccc1[C@@H]1CN(C(=O)N(C)C)C[C@]12CCCN(Cc1cccnc1)C2=O.O=C(O)C(F)(F)F. The molecule has 2 aromatic rings. The minimum absolute atomic E-state index is 0.0466. The topological polar surface area (TPSA) is 112 Å². The molecule has 13 heteroatoms. The van der Waals surface area contributed by atoms with Crippen molar-refractivity contribution in [3.8, 4) is 0 Å². The number of piperidine rings is 1. The molecule has 0 aromatic carbocycles. The van der Waals surface area contributed by atoms with Crippen LogP contribution in [-0.4, -0.2) is 92.4 Å². The summed E-state index contributed by atoms with van der Waals surface area (Å²) in [5, 5.41) is 11.6. The first-order valence-electron chi connectivity index (χ1n) is 12.3. The number of amides is 3. The third-order valence-corrected chi connectivity index (χ3v) is 6.85. The Bertz CT molecular complexity index is 1140. The molecule has 0 aliphatic carbocycles. The van der Waals surface area contributed by atoms with Crippen LogP contribution in [0, 0.1) is 5.41 Å². The van der Waals surface area contributed by atoms with Gasteiger partial charge in [-0.1, -0.05) is 6.07 Å². The summed E-state index contributed by atoms with van der Waals surface area (Å²) in [4.78, 5) is 45.4. The number of urea groups is 1. The number of hydrogen-bond acceptors (Lipinski definition) is 5. The van der Waals surface area contributed by atoms with Crippen molar-refractivity contribution in [2.45, 2.75) is 51.4 Å². The number of hydrogen-bond donors (Lipinski definition) is 1. The van der Waals surface area contributed by atoms with E-state index in [0.29, 0.717) is 19.6 Å². The van der Waals surface area contributed by atoms with Gasteiger partial charge in [0.15, 0.2) is 0 Å². The average Bonchev–Trinajstić information content (AvgIpc) is 3.48. The molecule has 2 fully saturated rings. The third kappa shape index (κ3) is 6.08. The highest BCUT2D eigenvalue weighted by Gasteiger charge is 2.57. The zero-order chi connectivity index (χ0) is 28.3. The van der Waals surface area contributed by atoms with Gasteiger partial charge >= 0.3 is 18.2 Å². The lowest BCUT2D eigenvalue weighted by Gasteiger charge is -2.42. The van der Waals surface area contributed by atoms with E-state index in [4.69, 9.17) is 9.90 Å². The van der Waals surface area contributed by atoms with Crippen LogP contribution in [0.5, 0.6) is 0 Å². The number of carboxylic acid groups (broad SMARTS) is 1. The predicted molar refractivity (Wildman–Crippen MR) is 131 cm³/mol. The van der Waals surface area contributed by atoms with E-state index in [1.165, 1.54) is 0 Å². The molecule has 2 aliphatic rings. The largest absolute Gasteiger partial charge is 0.490 e. The van der Waals surface area contributed by atoms with Crippen LogP contribution >= 0.6 is 0 Å². The highest BCUT2D eigenvalue weighted by atomic mass is 19.4. The van der Waals surface area contributed by atoms with E-state index in [-0.39, 0.29) is 23.9 Å². The summed E-state index contributed by atoms with van der Waals surface area (Å²) >= 11 is 0. The highest BCUT2D eigenvalue weighted by molar-refractivity contribution is 5.87. The number of aliphatic carboxylic acids is 1. The molecule has 0 bridgehead atoms. The van der Waals surface area contributed by atoms with Gasteiger partial charge in [-0.15, -0.1) is 0 Å². The molecule has 2 aliphatic heterocycles. The zero-order valence-electron chi connectivity index (χ0n) is 21.9. The molecule has 4 rings (SSSR count). The maximum Gasteiger partial charge on any atom is 0.490 e. The van der Waals surface area contributed by atoms with Gasteiger partial charge in [-0.3, -0.25) is 14.5 Å². The molecule has 1 N–H and O–H groups in total. The number of aromatic nitrogens is 3. The number of nitrogens with zero attached hydrogens (tertiary/aromatic N) is 6. The van der Waals surface area contributed by atoms with Gasteiger partial charge in [-0.2, -0.15) is 18.3 Å². The normalized spacial score (nSPS) is 21.5. The summed E-state index contributed by atoms with van der Waals surface area (Å²) in [5.41, 5.74) is 1.44. The first kappa shape index (κ1) is 28.9. The van der Waals surface area contributed by atoms with E-state index in [0.717, 1.165) is 30.6 Å². The lowest BCUT2D eigenvalue weighted by atomic mass is 9.70. The Labute approximate surface area is 219 Å². The minimum atomic E-state index is -5.08. The van der Waals surface area contributed by atoms with Crippen molar-refractivity contribution in [1.29, 1.82) is 0 Å². The van der Waals surface area contributed by atoms with Crippen molar-refractivity contribution in [3.05, 3.63) is 48.0 Å². The average molecular weight is 539 g/mol. The van der Waals surface area contributed by atoms with Crippen LogP contribution in [0.3, 0.4) is 0 Å². The van der Waals surface area contributed by atoms with Crippen LogP contribution in [0.15, 0.2) is 36.8 Å². The molecule has 38 heavy (non-hydrogen) atoms. The van der Waals surface area contributed by atoms with Gasteiger partial charge in [-0.05, 0) is 44.4 Å². The maximum absolute atomic E-state index is 14.0. The van der Waals surface area contributed by atoms with Crippen LogP contribution in [-0.2, 0) is 16.1 Å². The lowest BCUT2D eigenvalue weighted by Crippen LogP contribution is -2.52. The van der Waals surface area contributed by atoms with E-state index < -0.39 is 17.6 Å². The summed E-state index contributed by atoms with van der Waals surface area (Å²) in [6.07, 6.45) is 1.98. The second-order valence-electron chi connectivity index (χ2n) is 10.1. The van der Waals surface area contributed by atoms with E-state index in [1.54, 1.807) is 31.4 Å². The Balaban J connectivity index is 0.000000505. The predicted octanol–water partition coefficient (Wildman–Crippen LogP) is 3.38. The quantitative estimate of drug-likeness (QED) is 0.639. The number of likely N-dealkylation sites (tertiary alicyclic amines) is 2. The Morgan fingerprint density at radius 2 is 1.92 bits per heavy atom. The number of halogens is 3. The number of rotatable bonds is 4.